The van der Waals surface area contributed by atoms with Crippen LogP contribution in [0.25, 0.3) is 0 Å². The highest BCUT2D eigenvalue weighted by atomic mass is 16.7. The molecule has 0 aliphatic carbocycles. The third kappa shape index (κ3) is 8.15. The van der Waals surface area contributed by atoms with Gasteiger partial charge in [0, 0.05) is 13.7 Å². The van der Waals surface area contributed by atoms with Crippen molar-refractivity contribution in [3.63, 3.8) is 0 Å². The summed E-state index contributed by atoms with van der Waals surface area (Å²) in [7, 11) is 3.04. The van der Waals surface area contributed by atoms with Gasteiger partial charge in [0.2, 0.25) is 0 Å². The maximum atomic E-state index is 11.3. The van der Waals surface area contributed by atoms with Crippen LogP contribution in [-0.4, -0.2) is 33.6 Å². The molecule has 1 rings (SSSR count). The van der Waals surface area contributed by atoms with Crippen molar-refractivity contribution in [2.75, 3.05) is 27.6 Å². The molecule has 0 saturated heterocycles. The van der Waals surface area contributed by atoms with Gasteiger partial charge >= 0.3 is 5.97 Å². The molecule has 4 nitrogen and oxygen atoms in total. The minimum absolute atomic E-state index is 0.277. The highest BCUT2D eigenvalue weighted by Crippen LogP contribution is 2.11. The highest BCUT2D eigenvalue weighted by Gasteiger charge is 2.03. The van der Waals surface area contributed by atoms with Crippen LogP contribution in [-0.2, 0) is 20.6 Å². The van der Waals surface area contributed by atoms with Gasteiger partial charge in [-0.15, -0.1) is 0 Å². The van der Waals surface area contributed by atoms with E-state index in [9.17, 15) is 4.79 Å². The molecule has 124 valence electrons. The predicted molar refractivity (Wildman–Crippen MR) is 87.0 cm³/mol. The fourth-order valence-corrected chi connectivity index (χ4v) is 2.31. The molecule has 0 bridgehead atoms. The first-order valence-corrected chi connectivity index (χ1v) is 8.02. The average Bonchev–Trinajstić information content (AvgIpc) is 2.56. The van der Waals surface area contributed by atoms with Gasteiger partial charge < -0.3 is 14.2 Å². The van der Waals surface area contributed by atoms with Gasteiger partial charge in [-0.2, -0.15) is 0 Å². The summed E-state index contributed by atoms with van der Waals surface area (Å²) in [4.78, 5) is 11.3. The molecule has 0 unspecified atom stereocenters. The third-order valence-electron chi connectivity index (χ3n) is 3.58. The first-order chi connectivity index (χ1) is 10.8. The summed E-state index contributed by atoms with van der Waals surface area (Å²) in [5.74, 6) is -0.277. The van der Waals surface area contributed by atoms with E-state index in [4.69, 9.17) is 9.47 Å². The van der Waals surface area contributed by atoms with Crippen LogP contribution in [0.2, 0.25) is 0 Å². The van der Waals surface area contributed by atoms with Gasteiger partial charge in [-0.25, -0.2) is 4.79 Å². The summed E-state index contributed by atoms with van der Waals surface area (Å²) in [6.45, 7) is 1.19. The van der Waals surface area contributed by atoms with Crippen molar-refractivity contribution < 1.29 is 19.0 Å². The minimum Gasteiger partial charge on any atom is -0.465 e. The molecule has 0 saturated carbocycles. The fraction of sp³-hybridized carbons (Fsp3) is 0.611. The largest absolute Gasteiger partial charge is 0.465 e. The number of aryl methyl sites for hydroxylation is 1. The quantitative estimate of drug-likeness (QED) is 0.333. The second kappa shape index (κ2) is 12.2. The van der Waals surface area contributed by atoms with E-state index < -0.39 is 0 Å². The number of carbonyl (C=O) groups is 1. The highest BCUT2D eigenvalue weighted by molar-refractivity contribution is 5.89. The Bertz CT molecular complexity index is 400. The maximum Gasteiger partial charge on any atom is 0.337 e. The molecular weight excluding hydrogens is 280 g/mol. The summed E-state index contributed by atoms with van der Waals surface area (Å²) in [5, 5.41) is 0. The van der Waals surface area contributed by atoms with Crippen LogP contribution in [0, 0.1) is 0 Å². The summed E-state index contributed by atoms with van der Waals surface area (Å²) in [6.07, 6.45) is 8.37. The molecular formula is C18H28O4. The smallest absolute Gasteiger partial charge is 0.337 e. The summed E-state index contributed by atoms with van der Waals surface area (Å²) >= 11 is 0. The van der Waals surface area contributed by atoms with E-state index in [-0.39, 0.29) is 5.97 Å². The van der Waals surface area contributed by atoms with E-state index in [1.165, 1.54) is 44.8 Å². The van der Waals surface area contributed by atoms with Crippen molar-refractivity contribution >= 4 is 5.97 Å². The van der Waals surface area contributed by atoms with Gasteiger partial charge in [-0.05, 0) is 37.0 Å². The zero-order chi connectivity index (χ0) is 16.0. The van der Waals surface area contributed by atoms with Crippen molar-refractivity contribution in [1.29, 1.82) is 0 Å². The van der Waals surface area contributed by atoms with Crippen LogP contribution in [0.15, 0.2) is 24.3 Å². The standard InChI is InChI=1S/C18H28O4/c1-20-15-22-14-8-6-4-3-5-7-9-16-10-12-17(13-11-16)18(19)21-2/h10-13H,3-9,14-15H2,1-2H3. The van der Waals surface area contributed by atoms with Crippen LogP contribution in [0.4, 0.5) is 0 Å². The molecule has 0 aromatic heterocycles. The van der Waals surface area contributed by atoms with Crippen LogP contribution in [0.1, 0.15) is 54.4 Å². The molecule has 4 heteroatoms. The van der Waals surface area contributed by atoms with Crippen LogP contribution < -0.4 is 0 Å². The van der Waals surface area contributed by atoms with Gasteiger partial charge in [0.05, 0.1) is 12.7 Å². The van der Waals surface area contributed by atoms with Crippen molar-refractivity contribution in [1.82, 2.24) is 0 Å². The maximum absolute atomic E-state index is 11.3. The van der Waals surface area contributed by atoms with E-state index >= 15 is 0 Å². The molecule has 0 atom stereocenters. The number of rotatable bonds is 12. The number of carbonyl (C=O) groups excluding carboxylic acids is 1. The SMILES string of the molecule is COCOCCCCCCCCc1ccc(C(=O)OC)cc1. The summed E-state index contributed by atoms with van der Waals surface area (Å²) < 4.78 is 14.8. The van der Waals surface area contributed by atoms with Crippen molar-refractivity contribution in [2.24, 2.45) is 0 Å². The lowest BCUT2D eigenvalue weighted by Gasteiger charge is -2.04. The molecule has 0 heterocycles. The van der Waals surface area contributed by atoms with Crippen LogP contribution in [0.3, 0.4) is 0 Å². The fourth-order valence-electron chi connectivity index (χ4n) is 2.31. The number of methoxy groups -OCH3 is 2. The van der Waals surface area contributed by atoms with E-state index in [1.54, 1.807) is 7.11 Å². The molecule has 0 N–H and O–H groups in total. The summed E-state index contributed by atoms with van der Waals surface area (Å²) in [6, 6.07) is 7.70. The van der Waals surface area contributed by atoms with Crippen molar-refractivity contribution in [3.05, 3.63) is 35.4 Å². The number of ether oxygens (including phenoxy) is 3. The minimum atomic E-state index is -0.277. The Morgan fingerprint density at radius 1 is 0.909 bits per heavy atom. The average molecular weight is 308 g/mol. The number of hydrogen-bond acceptors (Lipinski definition) is 4. The molecule has 1 aromatic rings. The predicted octanol–water partition coefficient (Wildman–Crippen LogP) is 3.98. The van der Waals surface area contributed by atoms with E-state index in [2.05, 4.69) is 4.74 Å². The van der Waals surface area contributed by atoms with Gasteiger partial charge in [0.25, 0.3) is 0 Å². The lowest BCUT2D eigenvalue weighted by molar-refractivity contribution is -0.0315. The zero-order valence-electron chi connectivity index (χ0n) is 13.8. The molecule has 0 aliphatic rings. The lowest BCUT2D eigenvalue weighted by atomic mass is 10.0. The van der Waals surface area contributed by atoms with Crippen molar-refractivity contribution in [2.45, 2.75) is 44.9 Å². The normalized spacial score (nSPS) is 10.6. The topological polar surface area (TPSA) is 44.8 Å². The Hall–Kier alpha value is -1.39. The van der Waals surface area contributed by atoms with E-state index in [1.807, 2.05) is 24.3 Å². The molecule has 0 fully saturated rings. The molecule has 0 radical (unpaired) electrons. The molecule has 1 aromatic carbocycles. The molecule has 0 aliphatic heterocycles. The Labute approximate surface area is 133 Å². The summed E-state index contributed by atoms with van der Waals surface area (Å²) in [5.41, 5.74) is 1.89. The second-order valence-corrected chi connectivity index (χ2v) is 5.37. The van der Waals surface area contributed by atoms with Crippen LogP contribution >= 0.6 is 0 Å². The van der Waals surface area contributed by atoms with E-state index in [0.29, 0.717) is 12.4 Å². The van der Waals surface area contributed by atoms with Gasteiger partial charge in [-0.1, -0.05) is 37.8 Å². The third-order valence-corrected chi connectivity index (χ3v) is 3.58. The van der Waals surface area contributed by atoms with Crippen molar-refractivity contribution in [3.8, 4) is 0 Å². The Morgan fingerprint density at radius 3 is 2.18 bits per heavy atom. The first kappa shape index (κ1) is 18.7. The number of esters is 1. The van der Waals surface area contributed by atoms with Gasteiger partial charge in [0.15, 0.2) is 0 Å². The second-order valence-electron chi connectivity index (χ2n) is 5.37. The Kier molecular flexibility index (Phi) is 10.3. The van der Waals surface area contributed by atoms with E-state index in [0.717, 1.165) is 19.4 Å². The lowest BCUT2D eigenvalue weighted by Crippen LogP contribution is -2.00. The zero-order valence-corrected chi connectivity index (χ0v) is 13.8. The molecule has 0 amide bonds. The monoisotopic (exact) mass is 308 g/mol. The van der Waals surface area contributed by atoms with Gasteiger partial charge in [-0.3, -0.25) is 0 Å². The molecule has 22 heavy (non-hydrogen) atoms. The number of benzene rings is 1. The Balaban J connectivity index is 2.01. The number of hydrogen-bond donors (Lipinski definition) is 0. The Morgan fingerprint density at radius 2 is 1.55 bits per heavy atom. The van der Waals surface area contributed by atoms with Gasteiger partial charge in [0.1, 0.15) is 6.79 Å². The molecule has 0 spiro atoms. The van der Waals surface area contributed by atoms with Crippen LogP contribution in [0.5, 0.6) is 0 Å². The number of unbranched alkanes of at least 4 members (excludes halogenated alkanes) is 5. The first-order valence-electron chi connectivity index (χ1n) is 8.02.